The van der Waals surface area contributed by atoms with E-state index in [-0.39, 0.29) is 6.54 Å². The Morgan fingerprint density at radius 2 is 2.16 bits per heavy atom. The average molecular weight is 263 g/mol. The first-order valence-corrected chi connectivity index (χ1v) is 5.85. The Morgan fingerprint density at radius 3 is 2.79 bits per heavy atom. The molecule has 102 valence electrons. The SMILES string of the molecule is COc1ccc(-c2cnc(C(O)CN)[nH]2)c(OC)c1. The zero-order valence-corrected chi connectivity index (χ0v) is 10.9. The minimum atomic E-state index is -0.794. The molecule has 0 bridgehead atoms. The molecule has 1 unspecified atom stereocenters. The predicted octanol–water partition coefficient (Wildman–Crippen LogP) is 1.09. The third-order valence-electron chi connectivity index (χ3n) is 2.83. The van der Waals surface area contributed by atoms with Gasteiger partial charge in [-0.1, -0.05) is 0 Å². The van der Waals surface area contributed by atoms with E-state index in [0.29, 0.717) is 17.3 Å². The summed E-state index contributed by atoms with van der Waals surface area (Å²) in [5, 5.41) is 9.63. The van der Waals surface area contributed by atoms with E-state index in [1.807, 2.05) is 12.1 Å². The van der Waals surface area contributed by atoms with Crippen LogP contribution in [0, 0.1) is 0 Å². The Morgan fingerprint density at radius 1 is 1.37 bits per heavy atom. The molecule has 0 amide bonds. The molecule has 0 spiro atoms. The number of aromatic amines is 1. The molecule has 1 atom stereocenters. The Kier molecular flexibility index (Phi) is 4.03. The lowest BCUT2D eigenvalue weighted by Crippen LogP contribution is -2.12. The number of methoxy groups -OCH3 is 2. The number of aliphatic hydroxyl groups excluding tert-OH is 1. The Labute approximate surface area is 111 Å². The lowest BCUT2D eigenvalue weighted by molar-refractivity contribution is 0.177. The summed E-state index contributed by atoms with van der Waals surface area (Å²) in [6.45, 7) is 0.118. The first-order chi connectivity index (χ1) is 9.19. The van der Waals surface area contributed by atoms with Crippen LogP contribution in [0.25, 0.3) is 11.3 Å². The Balaban J connectivity index is 2.38. The fourth-order valence-corrected chi connectivity index (χ4v) is 1.78. The van der Waals surface area contributed by atoms with E-state index in [4.69, 9.17) is 15.2 Å². The predicted molar refractivity (Wildman–Crippen MR) is 71.1 cm³/mol. The number of aromatic nitrogens is 2. The molecule has 0 saturated heterocycles. The second-order valence-corrected chi connectivity index (χ2v) is 4.00. The highest BCUT2D eigenvalue weighted by Gasteiger charge is 2.13. The number of nitrogens with one attached hydrogen (secondary N) is 1. The van der Waals surface area contributed by atoms with Crippen molar-refractivity contribution in [3.8, 4) is 22.8 Å². The van der Waals surface area contributed by atoms with Gasteiger partial charge in [0.05, 0.1) is 26.1 Å². The first kappa shape index (κ1) is 13.4. The zero-order chi connectivity index (χ0) is 13.8. The second kappa shape index (κ2) is 5.73. The van der Waals surface area contributed by atoms with Gasteiger partial charge in [0.25, 0.3) is 0 Å². The molecule has 0 aliphatic heterocycles. The molecule has 19 heavy (non-hydrogen) atoms. The Hall–Kier alpha value is -2.05. The van der Waals surface area contributed by atoms with Crippen molar-refractivity contribution in [3.63, 3.8) is 0 Å². The number of hydrogen-bond donors (Lipinski definition) is 3. The fraction of sp³-hybridized carbons (Fsp3) is 0.308. The van der Waals surface area contributed by atoms with Gasteiger partial charge >= 0.3 is 0 Å². The molecule has 0 fully saturated rings. The number of benzene rings is 1. The highest BCUT2D eigenvalue weighted by Crippen LogP contribution is 2.32. The van der Waals surface area contributed by atoms with E-state index in [1.165, 1.54) is 0 Å². The van der Waals surface area contributed by atoms with Crippen LogP contribution in [0.2, 0.25) is 0 Å². The van der Waals surface area contributed by atoms with Gasteiger partial charge in [-0.25, -0.2) is 4.98 Å². The van der Waals surface area contributed by atoms with Crippen LogP contribution in [0.3, 0.4) is 0 Å². The molecule has 1 aromatic heterocycles. The number of rotatable bonds is 5. The number of imidazole rings is 1. The topological polar surface area (TPSA) is 93.4 Å². The van der Waals surface area contributed by atoms with Crippen molar-refractivity contribution >= 4 is 0 Å². The minimum Gasteiger partial charge on any atom is -0.497 e. The lowest BCUT2D eigenvalue weighted by Gasteiger charge is -2.09. The molecule has 2 aromatic rings. The molecule has 6 heteroatoms. The Bertz CT molecular complexity index is 554. The van der Waals surface area contributed by atoms with E-state index in [0.717, 1.165) is 11.3 Å². The van der Waals surface area contributed by atoms with Crippen molar-refractivity contribution in [2.24, 2.45) is 5.73 Å². The maximum absolute atomic E-state index is 9.63. The molecule has 0 radical (unpaired) electrons. The van der Waals surface area contributed by atoms with Gasteiger partial charge in [0.15, 0.2) is 0 Å². The van der Waals surface area contributed by atoms with Crippen molar-refractivity contribution < 1.29 is 14.6 Å². The number of hydrogen-bond acceptors (Lipinski definition) is 5. The summed E-state index contributed by atoms with van der Waals surface area (Å²) in [7, 11) is 3.19. The average Bonchev–Trinajstić information content (AvgIpc) is 2.95. The van der Waals surface area contributed by atoms with Crippen LogP contribution >= 0.6 is 0 Å². The minimum absolute atomic E-state index is 0.118. The van der Waals surface area contributed by atoms with Crippen LogP contribution in [0.5, 0.6) is 11.5 Å². The molecule has 0 aliphatic rings. The zero-order valence-electron chi connectivity index (χ0n) is 10.9. The molecule has 2 rings (SSSR count). The second-order valence-electron chi connectivity index (χ2n) is 4.00. The third-order valence-corrected chi connectivity index (χ3v) is 2.83. The third kappa shape index (κ3) is 2.69. The van der Waals surface area contributed by atoms with Crippen LogP contribution in [0.4, 0.5) is 0 Å². The van der Waals surface area contributed by atoms with Gasteiger partial charge in [0, 0.05) is 18.2 Å². The van der Waals surface area contributed by atoms with Gasteiger partial charge in [-0.05, 0) is 12.1 Å². The van der Waals surface area contributed by atoms with Crippen LogP contribution in [0.15, 0.2) is 24.4 Å². The molecule has 4 N–H and O–H groups in total. The van der Waals surface area contributed by atoms with Crippen molar-refractivity contribution in [3.05, 3.63) is 30.2 Å². The molecule has 0 saturated carbocycles. The molecule has 1 heterocycles. The van der Waals surface area contributed by atoms with Crippen molar-refractivity contribution in [1.29, 1.82) is 0 Å². The summed E-state index contributed by atoms with van der Waals surface area (Å²) < 4.78 is 10.5. The van der Waals surface area contributed by atoms with Crippen molar-refractivity contribution in [2.45, 2.75) is 6.10 Å². The maximum atomic E-state index is 9.63. The molecule has 0 aliphatic carbocycles. The highest BCUT2D eigenvalue weighted by atomic mass is 16.5. The molecular weight excluding hydrogens is 246 g/mol. The highest BCUT2D eigenvalue weighted by molar-refractivity contribution is 5.68. The number of aliphatic hydroxyl groups is 1. The van der Waals surface area contributed by atoms with E-state index < -0.39 is 6.10 Å². The smallest absolute Gasteiger partial charge is 0.136 e. The van der Waals surface area contributed by atoms with Crippen molar-refractivity contribution in [2.75, 3.05) is 20.8 Å². The standard InChI is InChI=1S/C13H17N3O3/c1-18-8-3-4-9(12(5-8)19-2)10-7-15-13(16-10)11(17)6-14/h3-5,7,11,17H,6,14H2,1-2H3,(H,15,16). The molecule has 1 aromatic carbocycles. The summed E-state index contributed by atoms with van der Waals surface area (Å²) in [6.07, 6.45) is 0.844. The summed E-state index contributed by atoms with van der Waals surface area (Å²) in [6, 6.07) is 5.48. The quantitative estimate of drug-likeness (QED) is 0.750. The van der Waals surface area contributed by atoms with Crippen LogP contribution < -0.4 is 15.2 Å². The monoisotopic (exact) mass is 263 g/mol. The van der Waals surface area contributed by atoms with E-state index >= 15 is 0 Å². The lowest BCUT2D eigenvalue weighted by atomic mass is 10.1. The summed E-state index contributed by atoms with van der Waals surface area (Å²) >= 11 is 0. The molecule has 6 nitrogen and oxygen atoms in total. The number of nitrogens with two attached hydrogens (primary N) is 1. The molecular formula is C13H17N3O3. The summed E-state index contributed by atoms with van der Waals surface area (Å²) in [5.74, 6) is 1.81. The summed E-state index contributed by atoms with van der Waals surface area (Å²) in [5.41, 5.74) is 6.99. The number of ether oxygens (including phenoxy) is 2. The van der Waals surface area contributed by atoms with Gasteiger partial charge in [0.1, 0.15) is 23.4 Å². The van der Waals surface area contributed by atoms with E-state index in [1.54, 1.807) is 26.5 Å². The van der Waals surface area contributed by atoms with Gasteiger partial charge < -0.3 is 25.3 Å². The summed E-state index contributed by atoms with van der Waals surface area (Å²) in [4.78, 5) is 7.14. The van der Waals surface area contributed by atoms with E-state index in [2.05, 4.69) is 9.97 Å². The van der Waals surface area contributed by atoms with Gasteiger partial charge in [-0.15, -0.1) is 0 Å². The van der Waals surface area contributed by atoms with Crippen LogP contribution in [-0.4, -0.2) is 35.8 Å². The normalized spacial score (nSPS) is 12.2. The number of H-pyrrole nitrogens is 1. The largest absolute Gasteiger partial charge is 0.497 e. The first-order valence-electron chi connectivity index (χ1n) is 5.85. The fourth-order valence-electron chi connectivity index (χ4n) is 1.78. The number of nitrogens with zero attached hydrogens (tertiary/aromatic N) is 1. The van der Waals surface area contributed by atoms with Gasteiger partial charge in [-0.3, -0.25) is 0 Å². The maximum Gasteiger partial charge on any atom is 0.136 e. The van der Waals surface area contributed by atoms with Gasteiger partial charge in [-0.2, -0.15) is 0 Å². The van der Waals surface area contributed by atoms with Crippen LogP contribution in [0.1, 0.15) is 11.9 Å². The van der Waals surface area contributed by atoms with Crippen molar-refractivity contribution in [1.82, 2.24) is 9.97 Å². The van der Waals surface area contributed by atoms with Gasteiger partial charge in [0.2, 0.25) is 0 Å². The van der Waals surface area contributed by atoms with E-state index in [9.17, 15) is 5.11 Å². The van der Waals surface area contributed by atoms with Crippen LogP contribution in [-0.2, 0) is 0 Å².